The second-order valence-corrected chi connectivity index (χ2v) is 6.24. The van der Waals surface area contributed by atoms with E-state index in [1.54, 1.807) is 6.92 Å². The van der Waals surface area contributed by atoms with Gasteiger partial charge in [0.15, 0.2) is 0 Å². The zero-order chi connectivity index (χ0) is 14.7. The van der Waals surface area contributed by atoms with E-state index in [1.807, 2.05) is 4.90 Å². The van der Waals surface area contributed by atoms with Crippen LogP contribution in [-0.4, -0.2) is 42.4 Å². The summed E-state index contributed by atoms with van der Waals surface area (Å²) in [6, 6.07) is 6.70. The lowest BCUT2D eigenvalue weighted by Gasteiger charge is -2.21. The van der Waals surface area contributed by atoms with Crippen molar-refractivity contribution in [3.8, 4) is 0 Å². The molecule has 0 aromatic heterocycles. The molecule has 1 fully saturated rings. The topological polar surface area (TPSA) is 23.6 Å². The fourth-order valence-electron chi connectivity index (χ4n) is 2.99. The van der Waals surface area contributed by atoms with E-state index in [4.69, 9.17) is 0 Å². The van der Waals surface area contributed by atoms with E-state index in [0.717, 1.165) is 32.6 Å². The molecular formula is C17H26N2O. The minimum atomic E-state index is 0.212. The lowest BCUT2D eigenvalue weighted by molar-refractivity contribution is -0.127. The number of likely N-dealkylation sites (tertiary alicyclic amines) is 1. The van der Waals surface area contributed by atoms with Crippen LogP contribution < -0.4 is 0 Å². The van der Waals surface area contributed by atoms with Crippen molar-refractivity contribution in [2.24, 2.45) is 5.92 Å². The zero-order valence-corrected chi connectivity index (χ0v) is 13.1. The lowest BCUT2D eigenvalue weighted by Crippen LogP contribution is -2.30. The van der Waals surface area contributed by atoms with Crippen molar-refractivity contribution >= 4 is 5.91 Å². The molecule has 1 amide bonds. The number of aryl methyl sites for hydroxylation is 2. The van der Waals surface area contributed by atoms with Crippen LogP contribution >= 0.6 is 0 Å². The summed E-state index contributed by atoms with van der Waals surface area (Å²) in [5.74, 6) is 0.833. The van der Waals surface area contributed by atoms with E-state index >= 15 is 0 Å². The maximum absolute atomic E-state index is 11.4. The third-order valence-electron chi connectivity index (χ3n) is 4.32. The largest absolute Gasteiger partial charge is 0.343 e. The van der Waals surface area contributed by atoms with Gasteiger partial charge in [-0.3, -0.25) is 4.79 Å². The van der Waals surface area contributed by atoms with Crippen molar-refractivity contribution in [1.82, 2.24) is 9.80 Å². The molecule has 0 bridgehead atoms. The summed E-state index contributed by atoms with van der Waals surface area (Å²) in [6.07, 6.45) is 1.14. The molecule has 0 aliphatic carbocycles. The minimum absolute atomic E-state index is 0.212. The Morgan fingerprint density at radius 1 is 1.35 bits per heavy atom. The van der Waals surface area contributed by atoms with E-state index in [1.165, 1.54) is 16.7 Å². The van der Waals surface area contributed by atoms with Crippen LogP contribution in [0.4, 0.5) is 0 Å². The third-order valence-corrected chi connectivity index (χ3v) is 4.32. The molecule has 3 nitrogen and oxygen atoms in total. The predicted molar refractivity (Wildman–Crippen MR) is 82.6 cm³/mol. The highest BCUT2D eigenvalue weighted by atomic mass is 16.2. The van der Waals surface area contributed by atoms with Crippen LogP contribution in [-0.2, 0) is 11.3 Å². The van der Waals surface area contributed by atoms with Crippen LogP contribution in [0.15, 0.2) is 18.2 Å². The van der Waals surface area contributed by atoms with Crippen molar-refractivity contribution in [2.45, 2.75) is 33.7 Å². The molecule has 0 unspecified atom stereocenters. The standard InChI is InChI=1S/C17H26N2O/c1-13-5-6-16(9-14(13)2)10-18(4)11-17-7-8-19(12-17)15(3)20/h5-6,9,17H,7-8,10-12H2,1-4H3/t17-/m0/s1. The average molecular weight is 274 g/mol. The molecule has 1 aromatic carbocycles. The van der Waals surface area contributed by atoms with Gasteiger partial charge in [0.2, 0.25) is 5.91 Å². The molecule has 1 saturated heterocycles. The second kappa shape index (κ2) is 6.40. The van der Waals surface area contributed by atoms with Crippen LogP contribution in [0.25, 0.3) is 0 Å². The molecule has 110 valence electrons. The minimum Gasteiger partial charge on any atom is -0.343 e. The number of hydrogen-bond acceptors (Lipinski definition) is 2. The molecule has 0 saturated carbocycles. The van der Waals surface area contributed by atoms with Crippen molar-refractivity contribution in [3.63, 3.8) is 0 Å². The summed E-state index contributed by atoms with van der Waals surface area (Å²) in [4.78, 5) is 15.7. The number of rotatable bonds is 4. The number of benzene rings is 1. The Labute approximate surface area is 122 Å². The Balaban J connectivity index is 1.85. The summed E-state index contributed by atoms with van der Waals surface area (Å²) < 4.78 is 0. The summed E-state index contributed by atoms with van der Waals surface area (Å²) in [5.41, 5.74) is 4.08. The zero-order valence-electron chi connectivity index (χ0n) is 13.1. The number of amides is 1. The number of hydrogen-bond donors (Lipinski definition) is 0. The summed E-state index contributed by atoms with van der Waals surface area (Å²) >= 11 is 0. The van der Waals surface area contributed by atoms with Gasteiger partial charge in [-0.2, -0.15) is 0 Å². The molecule has 1 aromatic rings. The number of nitrogens with zero attached hydrogens (tertiary/aromatic N) is 2. The highest BCUT2D eigenvalue weighted by Crippen LogP contribution is 2.18. The van der Waals surface area contributed by atoms with Gasteiger partial charge in [-0.05, 0) is 49.9 Å². The van der Waals surface area contributed by atoms with E-state index in [2.05, 4.69) is 44.0 Å². The molecule has 1 atom stereocenters. The second-order valence-electron chi connectivity index (χ2n) is 6.24. The van der Waals surface area contributed by atoms with Crippen LogP contribution in [0.3, 0.4) is 0 Å². The van der Waals surface area contributed by atoms with Crippen LogP contribution in [0, 0.1) is 19.8 Å². The maximum atomic E-state index is 11.4. The Bertz CT molecular complexity index is 484. The summed E-state index contributed by atoms with van der Waals surface area (Å²) in [6.45, 7) is 9.89. The normalized spacial score (nSPS) is 18.9. The Morgan fingerprint density at radius 3 is 2.70 bits per heavy atom. The van der Waals surface area contributed by atoms with Crippen molar-refractivity contribution < 1.29 is 4.79 Å². The van der Waals surface area contributed by atoms with Gasteiger partial charge in [-0.15, -0.1) is 0 Å². The van der Waals surface area contributed by atoms with Gasteiger partial charge in [-0.25, -0.2) is 0 Å². The number of carbonyl (C=O) groups is 1. The molecule has 0 N–H and O–H groups in total. The molecular weight excluding hydrogens is 248 g/mol. The fraction of sp³-hybridized carbons (Fsp3) is 0.588. The Kier molecular flexibility index (Phi) is 4.81. The van der Waals surface area contributed by atoms with Gasteiger partial charge in [0, 0.05) is 33.1 Å². The molecule has 1 heterocycles. The lowest BCUT2D eigenvalue weighted by atomic mass is 10.1. The van der Waals surface area contributed by atoms with E-state index in [0.29, 0.717) is 5.92 Å². The maximum Gasteiger partial charge on any atom is 0.219 e. The molecule has 3 heteroatoms. The third kappa shape index (κ3) is 3.83. The molecule has 1 aliphatic rings. The van der Waals surface area contributed by atoms with Gasteiger partial charge in [0.25, 0.3) is 0 Å². The first-order chi connectivity index (χ1) is 9.45. The first-order valence-corrected chi connectivity index (χ1v) is 7.46. The van der Waals surface area contributed by atoms with E-state index in [9.17, 15) is 4.79 Å². The van der Waals surface area contributed by atoms with E-state index in [-0.39, 0.29) is 5.91 Å². The molecule has 1 aliphatic heterocycles. The Morgan fingerprint density at radius 2 is 2.10 bits per heavy atom. The molecule has 0 radical (unpaired) electrons. The van der Waals surface area contributed by atoms with Crippen molar-refractivity contribution in [2.75, 3.05) is 26.7 Å². The first kappa shape index (κ1) is 15.0. The SMILES string of the molecule is CC(=O)N1CC[C@@H](CN(C)Cc2ccc(C)c(C)c2)C1. The summed E-state index contributed by atoms with van der Waals surface area (Å²) in [7, 11) is 2.17. The van der Waals surface area contributed by atoms with Crippen molar-refractivity contribution in [3.05, 3.63) is 34.9 Å². The van der Waals surface area contributed by atoms with Crippen LogP contribution in [0.1, 0.15) is 30.0 Å². The van der Waals surface area contributed by atoms with Gasteiger partial charge in [0.1, 0.15) is 0 Å². The van der Waals surface area contributed by atoms with Gasteiger partial charge in [0.05, 0.1) is 0 Å². The van der Waals surface area contributed by atoms with Crippen LogP contribution in [0.2, 0.25) is 0 Å². The highest BCUT2D eigenvalue weighted by molar-refractivity contribution is 5.73. The van der Waals surface area contributed by atoms with Crippen LogP contribution in [0.5, 0.6) is 0 Å². The predicted octanol–water partition coefficient (Wildman–Crippen LogP) is 2.60. The smallest absolute Gasteiger partial charge is 0.219 e. The summed E-state index contributed by atoms with van der Waals surface area (Å²) in [5, 5.41) is 0. The first-order valence-electron chi connectivity index (χ1n) is 7.46. The molecule has 2 rings (SSSR count). The molecule has 0 spiro atoms. The Hall–Kier alpha value is -1.35. The number of carbonyl (C=O) groups excluding carboxylic acids is 1. The fourth-order valence-corrected chi connectivity index (χ4v) is 2.99. The highest BCUT2D eigenvalue weighted by Gasteiger charge is 2.24. The quantitative estimate of drug-likeness (QED) is 0.842. The molecule has 20 heavy (non-hydrogen) atoms. The van der Waals surface area contributed by atoms with Crippen molar-refractivity contribution in [1.29, 1.82) is 0 Å². The van der Waals surface area contributed by atoms with Gasteiger partial charge in [-0.1, -0.05) is 18.2 Å². The van der Waals surface area contributed by atoms with Gasteiger partial charge < -0.3 is 9.80 Å². The van der Waals surface area contributed by atoms with E-state index < -0.39 is 0 Å². The van der Waals surface area contributed by atoms with Gasteiger partial charge >= 0.3 is 0 Å². The average Bonchev–Trinajstić information content (AvgIpc) is 2.82. The monoisotopic (exact) mass is 274 g/mol.